The van der Waals surface area contributed by atoms with Crippen molar-refractivity contribution in [1.29, 1.82) is 0 Å². The molecule has 0 spiro atoms. The van der Waals surface area contributed by atoms with E-state index in [1.165, 1.54) is 43.3 Å². The molecule has 1 N–H and O–H groups in total. The summed E-state index contributed by atoms with van der Waals surface area (Å²) in [5.41, 5.74) is 2.09. The fourth-order valence-electron chi connectivity index (χ4n) is 3.41. The van der Waals surface area contributed by atoms with Crippen LogP contribution in [0.25, 0.3) is 0 Å². The van der Waals surface area contributed by atoms with Crippen LogP contribution in [0.5, 0.6) is 11.5 Å². The van der Waals surface area contributed by atoms with Crippen molar-refractivity contribution < 1.29 is 28.2 Å². The average molecular weight is 463 g/mol. The standard InChI is InChI=1S/C25H22FN3O5/c1-15(30)29-25(21-13-12-20(32-2)14-22(21)33-3)34-24(28-29)17-6-10-19(11-7-17)27-23(31)16-4-8-18(26)9-5-16/h4-14,25H,1-3H3,(H,27,31)/t25-/m0/s1. The van der Waals surface area contributed by atoms with Gasteiger partial charge < -0.3 is 19.5 Å². The van der Waals surface area contributed by atoms with Gasteiger partial charge in [0.25, 0.3) is 5.91 Å². The summed E-state index contributed by atoms with van der Waals surface area (Å²) >= 11 is 0. The lowest BCUT2D eigenvalue weighted by molar-refractivity contribution is -0.135. The molecule has 8 nitrogen and oxygen atoms in total. The second-order valence-electron chi connectivity index (χ2n) is 7.39. The maximum Gasteiger partial charge on any atom is 0.255 e. The van der Waals surface area contributed by atoms with Gasteiger partial charge in [0, 0.05) is 29.8 Å². The molecule has 2 amide bonds. The summed E-state index contributed by atoms with van der Waals surface area (Å²) in [6.07, 6.45) is -0.814. The van der Waals surface area contributed by atoms with Gasteiger partial charge in [0.05, 0.1) is 19.8 Å². The van der Waals surface area contributed by atoms with Gasteiger partial charge in [-0.2, -0.15) is 5.01 Å². The fourth-order valence-corrected chi connectivity index (χ4v) is 3.41. The van der Waals surface area contributed by atoms with Crippen LogP contribution < -0.4 is 14.8 Å². The summed E-state index contributed by atoms with van der Waals surface area (Å²) in [4.78, 5) is 24.6. The van der Waals surface area contributed by atoms with Gasteiger partial charge in [-0.05, 0) is 60.7 Å². The smallest absolute Gasteiger partial charge is 0.255 e. The molecule has 3 aromatic rings. The number of nitrogens with zero attached hydrogens (tertiary/aromatic N) is 2. The molecule has 3 aromatic carbocycles. The second-order valence-corrected chi connectivity index (χ2v) is 7.39. The number of hydrogen-bond acceptors (Lipinski definition) is 6. The van der Waals surface area contributed by atoms with Crippen LogP contribution in [0, 0.1) is 5.82 Å². The number of carbonyl (C=O) groups is 2. The number of methoxy groups -OCH3 is 2. The zero-order valence-corrected chi connectivity index (χ0v) is 18.7. The van der Waals surface area contributed by atoms with Gasteiger partial charge in [-0.15, -0.1) is 5.10 Å². The third kappa shape index (κ3) is 4.68. The van der Waals surface area contributed by atoms with E-state index in [1.54, 1.807) is 49.6 Å². The minimum absolute atomic E-state index is 0.245. The molecule has 174 valence electrons. The van der Waals surface area contributed by atoms with Gasteiger partial charge in [-0.1, -0.05) is 0 Å². The lowest BCUT2D eigenvalue weighted by Crippen LogP contribution is -2.25. The summed E-state index contributed by atoms with van der Waals surface area (Å²) in [5.74, 6) is 0.258. The van der Waals surface area contributed by atoms with E-state index in [4.69, 9.17) is 14.2 Å². The van der Waals surface area contributed by atoms with Crippen molar-refractivity contribution in [2.75, 3.05) is 19.5 Å². The number of hydrogen-bond donors (Lipinski definition) is 1. The van der Waals surface area contributed by atoms with Crippen molar-refractivity contribution >= 4 is 23.4 Å². The zero-order chi connectivity index (χ0) is 24.2. The van der Waals surface area contributed by atoms with Crippen LogP contribution >= 0.6 is 0 Å². The van der Waals surface area contributed by atoms with Crippen LogP contribution in [-0.2, 0) is 9.53 Å². The van der Waals surface area contributed by atoms with E-state index in [0.717, 1.165) is 0 Å². The first-order chi connectivity index (χ1) is 16.4. The third-order valence-electron chi connectivity index (χ3n) is 5.17. The van der Waals surface area contributed by atoms with Crippen molar-refractivity contribution in [3.63, 3.8) is 0 Å². The quantitative estimate of drug-likeness (QED) is 0.588. The van der Waals surface area contributed by atoms with E-state index in [1.807, 2.05) is 0 Å². The second kappa shape index (κ2) is 9.62. The Morgan fingerprint density at radius 1 is 1.00 bits per heavy atom. The SMILES string of the molecule is COc1ccc([C@@H]2OC(c3ccc(NC(=O)c4ccc(F)cc4)cc3)=NN2C(C)=O)c(OC)c1. The van der Waals surface area contributed by atoms with Crippen molar-refractivity contribution in [3.8, 4) is 11.5 Å². The maximum atomic E-state index is 13.1. The van der Waals surface area contributed by atoms with Gasteiger partial charge in [-0.3, -0.25) is 9.59 Å². The Hall–Kier alpha value is -4.40. The van der Waals surface area contributed by atoms with Gasteiger partial charge in [0.1, 0.15) is 17.3 Å². The summed E-state index contributed by atoms with van der Waals surface area (Å²) in [7, 11) is 3.07. The predicted octanol–water partition coefficient (Wildman–Crippen LogP) is 4.33. The Bertz CT molecular complexity index is 1240. The number of rotatable bonds is 6. The predicted molar refractivity (Wildman–Crippen MR) is 123 cm³/mol. The zero-order valence-electron chi connectivity index (χ0n) is 18.7. The topological polar surface area (TPSA) is 89.5 Å². The highest BCUT2D eigenvalue weighted by Gasteiger charge is 2.35. The van der Waals surface area contributed by atoms with Crippen molar-refractivity contribution in [2.24, 2.45) is 5.10 Å². The molecular formula is C25H22FN3O5. The number of ether oxygens (including phenoxy) is 3. The normalized spacial score (nSPS) is 14.8. The van der Waals surface area contributed by atoms with E-state index in [-0.39, 0.29) is 17.7 Å². The van der Waals surface area contributed by atoms with Gasteiger partial charge >= 0.3 is 0 Å². The van der Waals surface area contributed by atoms with E-state index >= 15 is 0 Å². The van der Waals surface area contributed by atoms with Crippen LogP contribution in [0.15, 0.2) is 71.8 Å². The van der Waals surface area contributed by atoms with Gasteiger partial charge in [-0.25, -0.2) is 4.39 Å². The van der Waals surface area contributed by atoms with Crippen molar-refractivity contribution in [3.05, 3.63) is 89.2 Å². The molecule has 0 fully saturated rings. The summed E-state index contributed by atoms with van der Waals surface area (Å²) in [6, 6.07) is 17.3. The summed E-state index contributed by atoms with van der Waals surface area (Å²) in [6.45, 7) is 1.40. The van der Waals surface area contributed by atoms with Crippen LogP contribution in [0.3, 0.4) is 0 Å². The highest BCUT2D eigenvalue weighted by Crippen LogP contribution is 2.37. The number of anilines is 1. The fraction of sp³-hybridized carbons (Fsp3) is 0.160. The van der Waals surface area contributed by atoms with E-state index in [9.17, 15) is 14.0 Å². The number of benzene rings is 3. The molecule has 0 saturated carbocycles. The van der Waals surface area contributed by atoms with Gasteiger partial charge in [0.2, 0.25) is 18.0 Å². The first kappa shape index (κ1) is 22.8. The largest absolute Gasteiger partial charge is 0.497 e. The van der Waals surface area contributed by atoms with Crippen LogP contribution in [0.2, 0.25) is 0 Å². The number of nitrogens with one attached hydrogen (secondary N) is 1. The van der Waals surface area contributed by atoms with E-state index < -0.39 is 12.0 Å². The number of halogens is 1. The Morgan fingerprint density at radius 3 is 2.32 bits per heavy atom. The third-order valence-corrected chi connectivity index (χ3v) is 5.17. The van der Waals surface area contributed by atoms with Crippen molar-refractivity contribution in [1.82, 2.24) is 5.01 Å². The molecule has 0 aliphatic carbocycles. The molecule has 1 aliphatic rings. The number of carbonyl (C=O) groups excluding carboxylic acids is 2. The Morgan fingerprint density at radius 2 is 1.71 bits per heavy atom. The molecule has 1 heterocycles. The lowest BCUT2D eigenvalue weighted by Gasteiger charge is -2.21. The molecule has 0 bridgehead atoms. The number of hydrazone groups is 1. The summed E-state index contributed by atoms with van der Waals surface area (Å²) in [5, 5.41) is 8.34. The molecule has 4 rings (SSSR count). The Balaban J connectivity index is 1.53. The number of amides is 2. The first-order valence-corrected chi connectivity index (χ1v) is 10.3. The Labute approximate surface area is 195 Å². The van der Waals surface area contributed by atoms with E-state index in [0.29, 0.717) is 33.9 Å². The minimum atomic E-state index is -0.814. The maximum absolute atomic E-state index is 13.1. The van der Waals surface area contributed by atoms with Crippen molar-refractivity contribution in [2.45, 2.75) is 13.2 Å². The van der Waals surface area contributed by atoms with Crippen LogP contribution in [0.1, 0.15) is 34.6 Å². The molecule has 9 heteroatoms. The molecule has 0 saturated heterocycles. The first-order valence-electron chi connectivity index (χ1n) is 10.3. The molecule has 0 aromatic heterocycles. The average Bonchev–Trinajstić information content (AvgIpc) is 3.30. The molecule has 34 heavy (non-hydrogen) atoms. The van der Waals surface area contributed by atoms with Crippen LogP contribution in [0.4, 0.5) is 10.1 Å². The molecular weight excluding hydrogens is 441 g/mol. The molecule has 1 atom stereocenters. The highest BCUT2D eigenvalue weighted by molar-refractivity contribution is 6.04. The molecule has 1 aliphatic heterocycles. The van der Waals surface area contributed by atoms with Gasteiger partial charge in [0.15, 0.2) is 0 Å². The van der Waals surface area contributed by atoms with Crippen LogP contribution in [-0.4, -0.2) is 36.9 Å². The Kier molecular flexibility index (Phi) is 6.44. The lowest BCUT2D eigenvalue weighted by atomic mass is 10.1. The molecule has 0 unspecified atom stereocenters. The molecule has 0 radical (unpaired) electrons. The monoisotopic (exact) mass is 463 g/mol. The highest BCUT2D eigenvalue weighted by atomic mass is 19.1. The summed E-state index contributed by atoms with van der Waals surface area (Å²) < 4.78 is 29.8. The minimum Gasteiger partial charge on any atom is -0.497 e. The van der Waals surface area contributed by atoms with E-state index in [2.05, 4.69) is 10.4 Å².